The van der Waals surface area contributed by atoms with Gasteiger partial charge in [-0.1, -0.05) is 12.5 Å². The number of nitrogens with one attached hydrogen (secondary N) is 1. The highest BCUT2D eigenvalue weighted by Gasteiger charge is 2.34. The first kappa shape index (κ1) is 10.2. The van der Waals surface area contributed by atoms with Crippen LogP contribution >= 0.6 is 0 Å². The Labute approximate surface area is 87.4 Å². The molecule has 0 aromatic rings. The van der Waals surface area contributed by atoms with Crippen molar-refractivity contribution in [3.8, 4) is 0 Å². The monoisotopic (exact) mass is 194 g/mol. The van der Waals surface area contributed by atoms with Crippen LogP contribution in [0.3, 0.4) is 0 Å². The van der Waals surface area contributed by atoms with Gasteiger partial charge in [0.1, 0.15) is 0 Å². The predicted molar refractivity (Wildman–Crippen MR) is 60.4 cm³/mol. The molecule has 1 N–H and O–H groups in total. The minimum atomic E-state index is 0.621. The quantitative estimate of drug-likeness (QED) is 0.684. The minimum absolute atomic E-state index is 0.621. The van der Waals surface area contributed by atoms with E-state index in [1.54, 1.807) is 11.1 Å². The molecule has 2 rings (SSSR count). The second-order valence-corrected chi connectivity index (χ2v) is 4.75. The molecule has 1 atom stereocenters. The smallest absolute Gasteiger partial charge is 0.0289 e. The first-order chi connectivity index (χ1) is 6.76. The van der Waals surface area contributed by atoms with Gasteiger partial charge in [0.15, 0.2) is 0 Å². The predicted octanol–water partition coefficient (Wildman–Crippen LogP) is 1.64. The molecule has 2 nitrogen and oxygen atoms in total. The Hall–Kier alpha value is -0.340. The van der Waals surface area contributed by atoms with Crippen molar-refractivity contribution in [1.29, 1.82) is 0 Å². The Kier molecular flexibility index (Phi) is 2.93. The molecule has 1 aliphatic heterocycles. The van der Waals surface area contributed by atoms with Crippen LogP contribution in [0.1, 0.15) is 26.2 Å². The van der Waals surface area contributed by atoms with E-state index in [9.17, 15) is 0 Å². The molecule has 0 aromatic heterocycles. The molecule has 80 valence electrons. The zero-order valence-corrected chi connectivity index (χ0v) is 9.64. The molecule has 1 fully saturated rings. The van der Waals surface area contributed by atoms with E-state index in [2.05, 4.69) is 31.2 Å². The SMILES string of the molecule is CCC(NC)C1=C(C2CC2)CN(C)C1. The average molecular weight is 194 g/mol. The third kappa shape index (κ3) is 1.86. The largest absolute Gasteiger partial charge is 0.313 e. The molecule has 1 unspecified atom stereocenters. The summed E-state index contributed by atoms with van der Waals surface area (Å²) < 4.78 is 0. The third-order valence-electron chi connectivity index (χ3n) is 3.54. The van der Waals surface area contributed by atoms with Gasteiger partial charge in [0.25, 0.3) is 0 Å². The van der Waals surface area contributed by atoms with E-state index in [1.165, 1.54) is 32.4 Å². The molecule has 0 spiro atoms. The van der Waals surface area contributed by atoms with Gasteiger partial charge >= 0.3 is 0 Å². The molecule has 0 saturated heterocycles. The van der Waals surface area contributed by atoms with E-state index in [-0.39, 0.29) is 0 Å². The van der Waals surface area contributed by atoms with Gasteiger partial charge in [0, 0.05) is 19.1 Å². The van der Waals surface area contributed by atoms with Crippen molar-refractivity contribution in [2.75, 3.05) is 27.2 Å². The zero-order valence-electron chi connectivity index (χ0n) is 9.64. The van der Waals surface area contributed by atoms with Gasteiger partial charge in [-0.2, -0.15) is 0 Å². The normalized spacial score (nSPS) is 25.9. The van der Waals surface area contributed by atoms with Gasteiger partial charge in [-0.05, 0) is 44.8 Å². The Balaban J connectivity index is 2.14. The van der Waals surface area contributed by atoms with Crippen LogP contribution in [0.25, 0.3) is 0 Å². The van der Waals surface area contributed by atoms with Gasteiger partial charge in [0.2, 0.25) is 0 Å². The molecule has 1 saturated carbocycles. The highest BCUT2D eigenvalue weighted by molar-refractivity contribution is 5.31. The Morgan fingerprint density at radius 3 is 2.64 bits per heavy atom. The van der Waals surface area contributed by atoms with Gasteiger partial charge in [-0.15, -0.1) is 0 Å². The fourth-order valence-electron chi connectivity index (χ4n) is 2.62. The van der Waals surface area contributed by atoms with Crippen LogP contribution < -0.4 is 5.32 Å². The molecule has 0 aromatic carbocycles. The highest BCUT2D eigenvalue weighted by Crippen LogP contribution is 2.41. The van der Waals surface area contributed by atoms with Crippen molar-refractivity contribution in [3.05, 3.63) is 11.1 Å². The second-order valence-electron chi connectivity index (χ2n) is 4.75. The number of hydrogen-bond donors (Lipinski definition) is 1. The van der Waals surface area contributed by atoms with Crippen LogP contribution in [-0.2, 0) is 0 Å². The van der Waals surface area contributed by atoms with Crippen molar-refractivity contribution in [2.45, 2.75) is 32.2 Å². The molecular formula is C12H22N2. The van der Waals surface area contributed by atoms with Crippen LogP contribution in [0.2, 0.25) is 0 Å². The Bertz CT molecular complexity index is 237. The zero-order chi connectivity index (χ0) is 10.1. The molecule has 1 heterocycles. The van der Waals surface area contributed by atoms with E-state index in [1.807, 2.05) is 0 Å². The average Bonchev–Trinajstić information content (AvgIpc) is 2.94. The lowest BCUT2D eigenvalue weighted by molar-refractivity contribution is 0.412. The van der Waals surface area contributed by atoms with Crippen molar-refractivity contribution in [2.24, 2.45) is 5.92 Å². The fourth-order valence-corrected chi connectivity index (χ4v) is 2.62. The van der Waals surface area contributed by atoms with Crippen LogP contribution in [-0.4, -0.2) is 38.1 Å². The maximum Gasteiger partial charge on any atom is 0.0289 e. The maximum absolute atomic E-state index is 3.44. The summed E-state index contributed by atoms with van der Waals surface area (Å²) in [6.07, 6.45) is 4.09. The molecule has 0 amide bonds. The van der Waals surface area contributed by atoms with E-state index in [4.69, 9.17) is 0 Å². The van der Waals surface area contributed by atoms with Crippen molar-refractivity contribution in [3.63, 3.8) is 0 Å². The van der Waals surface area contributed by atoms with Crippen LogP contribution in [0.4, 0.5) is 0 Å². The Morgan fingerprint density at radius 2 is 2.14 bits per heavy atom. The second kappa shape index (κ2) is 4.03. The first-order valence-electron chi connectivity index (χ1n) is 5.83. The molecule has 1 aliphatic carbocycles. The molecule has 2 aliphatic rings. The van der Waals surface area contributed by atoms with Crippen molar-refractivity contribution < 1.29 is 0 Å². The number of rotatable bonds is 4. The summed E-state index contributed by atoms with van der Waals surface area (Å²) in [6, 6.07) is 0.621. The molecule has 2 heteroatoms. The lowest BCUT2D eigenvalue weighted by Crippen LogP contribution is -2.29. The van der Waals surface area contributed by atoms with E-state index < -0.39 is 0 Å². The molecule has 0 radical (unpaired) electrons. The summed E-state index contributed by atoms with van der Waals surface area (Å²) in [5.74, 6) is 0.942. The Morgan fingerprint density at radius 1 is 1.43 bits per heavy atom. The van der Waals surface area contributed by atoms with Crippen molar-refractivity contribution in [1.82, 2.24) is 10.2 Å². The van der Waals surface area contributed by atoms with Crippen molar-refractivity contribution >= 4 is 0 Å². The topological polar surface area (TPSA) is 15.3 Å². The highest BCUT2D eigenvalue weighted by atomic mass is 15.1. The maximum atomic E-state index is 3.44. The summed E-state index contributed by atoms with van der Waals surface area (Å²) in [4.78, 5) is 2.45. The summed E-state index contributed by atoms with van der Waals surface area (Å²) in [7, 11) is 4.32. The molecule has 14 heavy (non-hydrogen) atoms. The first-order valence-corrected chi connectivity index (χ1v) is 5.83. The van der Waals surface area contributed by atoms with Gasteiger partial charge in [-0.25, -0.2) is 0 Å². The van der Waals surface area contributed by atoms with Gasteiger partial charge in [0.05, 0.1) is 0 Å². The van der Waals surface area contributed by atoms with Crippen LogP contribution in [0, 0.1) is 5.92 Å². The number of nitrogens with zero attached hydrogens (tertiary/aromatic N) is 1. The van der Waals surface area contributed by atoms with Crippen LogP contribution in [0.15, 0.2) is 11.1 Å². The lowest BCUT2D eigenvalue weighted by Gasteiger charge is -2.17. The van der Waals surface area contributed by atoms with E-state index >= 15 is 0 Å². The van der Waals surface area contributed by atoms with E-state index in [0.29, 0.717) is 6.04 Å². The fraction of sp³-hybridized carbons (Fsp3) is 0.833. The van der Waals surface area contributed by atoms with Gasteiger partial charge in [-0.3, -0.25) is 4.90 Å². The number of hydrogen-bond acceptors (Lipinski definition) is 2. The third-order valence-corrected chi connectivity index (χ3v) is 3.54. The standard InChI is InChI=1S/C12H22N2/c1-4-12(13-2)11-8-14(3)7-10(11)9-5-6-9/h9,12-13H,4-8H2,1-3H3. The van der Waals surface area contributed by atoms with Crippen LogP contribution in [0.5, 0.6) is 0 Å². The molecule has 0 bridgehead atoms. The minimum Gasteiger partial charge on any atom is -0.313 e. The lowest BCUT2D eigenvalue weighted by atomic mass is 9.98. The number of likely N-dealkylation sites (N-methyl/N-ethyl adjacent to an activating group) is 2. The van der Waals surface area contributed by atoms with Gasteiger partial charge < -0.3 is 5.32 Å². The van der Waals surface area contributed by atoms with E-state index in [0.717, 1.165) is 5.92 Å². The summed E-state index contributed by atoms with van der Waals surface area (Å²) in [6.45, 7) is 4.68. The summed E-state index contributed by atoms with van der Waals surface area (Å²) in [5.41, 5.74) is 3.45. The summed E-state index contributed by atoms with van der Waals surface area (Å²) >= 11 is 0. The summed E-state index contributed by atoms with van der Waals surface area (Å²) in [5, 5.41) is 3.44. The molecular weight excluding hydrogens is 172 g/mol.